The van der Waals surface area contributed by atoms with Gasteiger partial charge in [-0.25, -0.2) is 4.68 Å². The maximum Gasteiger partial charge on any atom is 0.240 e. The molecule has 0 bridgehead atoms. The Morgan fingerprint density at radius 2 is 1.73 bits per heavy atom. The van der Waals surface area contributed by atoms with E-state index >= 15 is 0 Å². The van der Waals surface area contributed by atoms with Gasteiger partial charge in [0.25, 0.3) is 0 Å². The molecular weight excluding hydrogens is 574 g/mol. The van der Waals surface area contributed by atoms with E-state index in [0.29, 0.717) is 23.9 Å². The summed E-state index contributed by atoms with van der Waals surface area (Å²) in [6.45, 7) is 0.120. The highest BCUT2D eigenvalue weighted by atomic mass is 32.2. The summed E-state index contributed by atoms with van der Waals surface area (Å²) in [6, 6.07) is 28.9. The molecular formula is C34H31N5O4S. The number of hydrogen-bond donors (Lipinski definition) is 1. The number of anilines is 1. The second kappa shape index (κ2) is 13.0. The van der Waals surface area contributed by atoms with Gasteiger partial charge in [0.2, 0.25) is 11.8 Å². The maximum atomic E-state index is 14.0. The number of hydrogen-bond acceptors (Lipinski definition) is 7. The highest BCUT2D eigenvalue weighted by molar-refractivity contribution is 8.00. The zero-order valence-corrected chi connectivity index (χ0v) is 25.2. The lowest BCUT2D eigenvalue weighted by atomic mass is 9.99. The summed E-state index contributed by atoms with van der Waals surface area (Å²) < 4.78 is 12.9. The fourth-order valence-electron chi connectivity index (χ4n) is 5.26. The Hall–Kier alpha value is -5.09. The van der Waals surface area contributed by atoms with Crippen LogP contribution < -0.4 is 19.7 Å². The molecule has 10 heteroatoms. The summed E-state index contributed by atoms with van der Waals surface area (Å²) in [5.74, 6) is 1.61. The lowest BCUT2D eigenvalue weighted by Crippen LogP contribution is -2.42. The molecule has 2 amide bonds. The van der Waals surface area contributed by atoms with Gasteiger partial charge in [0.1, 0.15) is 23.9 Å². The third-order valence-electron chi connectivity index (χ3n) is 7.39. The average molecular weight is 606 g/mol. The molecule has 0 saturated carbocycles. The van der Waals surface area contributed by atoms with Gasteiger partial charge in [0.05, 0.1) is 36.6 Å². The molecule has 1 aliphatic rings. The first-order valence-corrected chi connectivity index (χ1v) is 15.2. The van der Waals surface area contributed by atoms with Crippen LogP contribution in [0, 0.1) is 0 Å². The molecule has 44 heavy (non-hydrogen) atoms. The van der Waals surface area contributed by atoms with Crippen LogP contribution in [0.2, 0.25) is 0 Å². The van der Waals surface area contributed by atoms with E-state index in [2.05, 4.69) is 10.3 Å². The van der Waals surface area contributed by atoms with Crippen molar-refractivity contribution in [2.45, 2.75) is 11.8 Å². The fraction of sp³-hybridized carbons (Fsp3) is 0.176. The zero-order valence-electron chi connectivity index (χ0n) is 24.3. The van der Waals surface area contributed by atoms with Crippen LogP contribution in [0.25, 0.3) is 16.9 Å². The van der Waals surface area contributed by atoms with Crippen LogP contribution in [-0.2, 0) is 16.1 Å². The molecule has 1 atom stereocenters. The Morgan fingerprint density at radius 1 is 0.955 bits per heavy atom. The summed E-state index contributed by atoms with van der Waals surface area (Å²) in [5, 5.41) is 7.77. The Morgan fingerprint density at radius 3 is 2.45 bits per heavy atom. The van der Waals surface area contributed by atoms with Crippen molar-refractivity contribution in [1.29, 1.82) is 0 Å². The summed E-state index contributed by atoms with van der Waals surface area (Å²) >= 11 is 1.50. The first-order chi connectivity index (χ1) is 21.6. The van der Waals surface area contributed by atoms with Gasteiger partial charge in [0.15, 0.2) is 0 Å². The lowest BCUT2D eigenvalue weighted by molar-refractivity contribution is -0.123. The molecule has 2 aromatic heterocycles. The minimum atomic E-state index is -0.309. The number of methoxy groups -OCH3 is 2. The van der Waals surface area contributed by atoms with E-state index in [9.17, 15) is 9.59 Å². The van der Waals surface area contributed by atoms with Crippen molar-refractivity contribution < 1.29 is 19.1 Å². The van der Waals surface area contributed by atoms with Gasteiger partial charge >= 0.3 is 0 Å². The highest BCUT2D eigenvalue weighted by Crippen LogP contribution is 2.50. The number of carbonyl (C=O) groups is 2. The third-order valence-corrected chi connectivity index (χ3v) is 8.63. The van der Waals surface area contributed by atoms with E-state index in [4.69, 9.17) is 14.6 Å². The molecule has 3 aromatic carbocycles. The summed E-state index contributed by atoms with van der Waals surface area (Å²) in [6.07, 6.45) is 3.39. The normalized spacial score (nSPS) is 14.5. The molecule has 1 unspecified atom stereocenters. The van der Waals surface area contributed by atoms with Gasteiger partial charge in [-0.05, 0) is 42.0 Å². The molecule has 0 radical (unpaired) electrons. The fourth-order valence-corrected chi connectivity index (χ4v) is 6.49. The van der Waals surface area contributed by atoms with Crippen molar-refractivity contribution in [3.8, 4) is 28.4 Å². The van der Waals surface area contributed by atoms with Crippen LogP contribution in [0.1, 0.15) is 21.9 Å². The molecule has 6 rings (SSSR count). The lowest BCUT2D eigenvalue weighted by Gasteiger charge is -2.23. The SMILES string of the molecule is COc1ccc(-n2nc(-c3ccccc3)c3c2N(CC(=O)NCc2cccnc2)C(=O)CSC3c2ccccc2OC)cc1. The van der Waals surface area contributed by atoms with Gasteiger partial charge in [-0.2, -0.15) is 5.10 Å². The maximum absolute atomic E-state index is 14.0. The van der Waals surface area contributed by atoms with Crippen LogP contribution in [-0.4, -0.2) is 53.1 Å². The first-order valence-electron chi connectivity index (χ1n) is 14.1. The topological polar surface area (TPSA) is 98.6 Å². The van der Waals surface area contributed by atoms with Gasteiger partial charge < -0.3 is 14.8 Å². The molecule has 222 valence electrons. The second-order valence-corrected chi connectivity index (χ2v) is 11.2. The number of pyridine rings is 1. The third kappa shape index (κ3) is 5.89. The molecule has 0 fully saturated rings. The van der Waals surface area contributed by atoms with E-state index in [0.717, 1.165) is 33.6 Å². The molecule has 0 saturated heterocycles. The number of para-hydroxylation sites is 1. The highest BCUT2D eigenvalue weighted by Gasteiger charge is 2.38. The van der Waals surface area contributed by atoms with Crippen LogP contribution in [0.3, 0.4) is 0 Å². The van der Waals surface area contributed by atoms with E-state index in [1.165, 1.54) is 11.8 Å². The van der Waals surface area contributed by atoms with Gasteiger partial charge in [-0.3, -0.25) is 19.5 Å². The smallest absolute Gasteiger partial charge is 0.240 e. The van der Waals surface area contributed by atoms with Crippen LogP contribution in [0.5, 0.6) is 11.5 Å². The van der Waals surface area contributed by atoms with E-state index in [-0.39, 0.29) is 29.4 Å². The number of thioether (sulfide) groups is 1. The number of benzene rings is 3. The number of fused-ring (bicyclic) bond motifs is 1. The molecule has 5 aromatic rings. The Labute approximate surface area is 259 Å². The Kier molecular flexibility index (Phi) is 8.60. The van der Waals surface area contributed by atoms with E-state index < -0.39 is 0 Å². The molecule has 3 heterocycles. The minimum absolute atomic E-state index is 0.157. The molecule has 1 N–H and O–H groups in total. The van der Waals surface area contributed by atoms with Gasteiger partial charge in [0, 0.05) is 35.6 Å². The summed E-state index contributed by atoms with van der Waals surface area (Å²) in [7, 11) is 3.26. The number of nitrogens with zero attached hydrogens (tertiary/aromatic N) is 4. The van der Waals surface area contributed by atoms with Crippen molar-refractivity contribution in [3.63, 3.8) is 0 Å². The van der Waals surface area contributed by atoms with Gasteiger partial charge in [-0.15, -0.1) is 11.8 Å². The predicted molar refractivity (Wildman–Crippen MR) is 171 cm³/mol. The van der Waals surface area contributed by atoms with E-state index in [1.807, 2.05) is 91.0 Å². The second-order valence-electron chi connectivity index (χ2n) is 10.1. The van der Waals surface area contributed by atoms with Crippen molar-refractivity contribution in [2.24, 2.45) is 0 Å². The molecule has 0 aliphatic carbocycles. The standard InChI is InChI=1S/C34H31N5O4S/c1-42-26-16-14-25(15-17-26)39-34-31(32(37-39)24-10-4-3-5-11-24)33(27-12-6-7-13-28(27)43-2)44-22-30(41)38(34)21-29(40)36-20-23-9-8-18-35-19-23/h3-19,33H,20-22H2,1-2H3,(H,36,40). The summed E-state index contributed by atoms with van der Waals surface area (Å²) in [4.78, 5) is 33.1. The Bertz CT molecular complexity index is 1760. The number of amides is 2. The number of ether oxygens (including phenoxy) is 2. The first kappa shape index (κ1) is 29.0. The van der Waals surface area contributed by atoms with Crippen molar-refractivity contribution in [3.05, 3.63) is 120 Å². The number of rotatable bonds is 9. The predicted octanol–water partition coefficient (Wildman–Crippen LogP) is 5.44. The number of aromatic nitrogens is 3. The minimum Gasteiger partial charge on any atom is -0.497 e. The Balaban J connectivity index is 1.53. The largest absolute Gasteiger partial charge is 0.497 e. The number of nitrogens with one attached hydrogen (secondary N) is 1. The van der Waals surface area contributed by atoms with Crippen molar-refractivity contribution >= 4 is 29.4 Å². The molecule has 1 aliphatic heterocycles. The summed E-state index contributed by atoms with van der Waals surface area (Å²) in [5.41, 5.74) is 4.95. The number of carbonyl (C=O) groups excluding carboxylic acids is 2. The van der Waals surface area contributed by atoms with Crippen molar-refractivity contribution in [2.75, 3.05) is 31.4 Å². The van der Waals surface area contributed by atoms with Crippen molar-refractivity contribution in [1.82, 2.24) is 20.1 Å². The van der Waals surface area contributed by atoms with E-state index in [1.54, 1.807) is 36.2 Å². The van der Waals surface area contributed by atoms with Crippen LogP contribution in [0.4, 0.5) is 5.82 Å². The van der Waals surface area contributed by atoms with Crippen LogP contribution in [0.15, 0.2) is 103 Å². The van der Waals surface area contributed by atoms with Crippen LogP contribution >= 0.6 is 11.8 Å². The monoisotopic (exact) mass is 605 g/mol. The quantitative estimate of drug-likeness (QED) is 0.239. The molecule has 0 spiro atoms. The molecule has 9 nitrogen and oxygen atoms in total. The average Bonchev–Trinajstić information content (AvgIpc) is 3.41. The van der Waals surface area contributed by atoms with Gasteiger partial charge in [-0.1, -0.05) is 54.6 Å². The zero-order chi connectivity index (χ0) is 30.5.